The van der Waals surface area contributed by atoms with Crippen molar-refractivity contribution in [1.82, 2.24) is 5.32 Å². The lowest BCUT2D eigenvalue weighted by molar-refractivity contribution is -0.115. The number of hydrogen-bond donors (Lipinski definition) is 2. The lowest BCUT2D eigenvalue weighted by Crippen LogP contribution is -2.33. The molecule has 0 aliphatic carbocycles. The zero-order valence-electron chi connectivity index (χ0n) is 18.0. The summed E-state index contributed by atoms with van der Waals surface area (Å²) in [5, 5.41) is 5.39. The number of carbonyl (C=O) groups excluding carboxylic acids is 2. The molecule has 0 fully saturated rings. The normalized spacial score (nSPS) is 10.3. The second-order valence-electron chi connectivity index (χ2n) is 6.79. The van der Waals surface area contributed by atoms with Gasteiger partial charge in [0.2, 0.25) is 5.91 Å². The first-order valence-electron chi connectivity index (χ1n) is 10.1. The van der Waals surface area contributed by atoms with Crippen LogP contribution in [0.3, 0.4) is 0 Å². The quantitative estimate of drug-likeness (QED) is 0.581. The Morgan fingerprint density at radius 3 is 2.23 bits per heavy atom. The maximum absolute atomic E-state index is 12.5. The molecule has 2 amide bonds. The summed E-state index contributed by atoms with van der Waals surface area (Å²) in [6.45, 7) is 6.86. The number of anilines is 1. The van der Waals surface area contributed by atoms with Crippen molar-refractivity contribution in [1.29, 1.82) is 0 Å². The Labute approximate surface area is 177 Å². The highest BCUT2D eigenvalue weighted by Gasteiger charge is 2.14. The molecule has 0 aromatic heterocycles. The Balaban J connectivity index is 2.01. The fourth-order valence-electron chi connectivity index (χ4n) is 2.68. The third-order valence-corrected chi connectivity index (χ3v) is 4.17. The maximum Gasteiger partial charge on any atom is 0.251 e. The van der Waals surface area contributed by atoms with Gasteiger partial charge in [-0.05, 0) is 55.7 Å². The summed E-state index contributed by atoms with van der Waals surface area (Å²) in [5.41, 5.74) is 1.94. The van der Waals surface area contributed by atoms with E-state index >= 15 is 0 Å². The Morgan fingerprint density at radius 2 is 1.57 bits per heavy atom. The smallest absolute Gasteiger partial charge is 0.251 e. The lowest BCUT2D eigenvalue weighted by atomic mass is 10.2. The molecule has 0 spiro atoms. The van der Waals surface area contributed by atoms with Gasteiger partial charge in [-0.25, -0.2) is 0 Å². The fraction of sp³-hybridized carbons (Fsp3) is 0.391. The van der Waals surface area contributed by atoms with E-state index in [1.807, 2.05) is 32.9 Å². The van der Waals surface area contributed by atoms with E-state index in [2.05, 4.69) is 10.6 Å². The summed E-state index contributed by atoms with van der Waals surface area (Å²) in [7, 11) is 1.54. The van der Waals surface area contributed by atoms with E-state index in [1.54, 1.807) is 24.3 Å². The Morgan fingerprint density at radius 1 is 0.900 bits per heavy atom. The van der Waals surface area contributed by atoms with Crippen LogP contribution in [-0.4, -0.2) is 38.7 Å². The minimum atomic E-state index is -0.371. The second kappa shape index (κ2) is 11.7. The topological polar surface area (TPSA) is 85.9 Å². The summed E-state index contributed by atoms with van der Waals surface area (Å²) < 4.78 is 16.7. The number of methoxy groups -OCH3 is 1. The molecule has 0 radical (unpaired) electrons. The molecule has 2 aromatic carbocycles. The van der Waals surface area contributed by atoms with Crippen molar-refractivity contribution in [3.63, 3.8) is 0 Å². The van der Waals surface area contributed by atoms with E-state index in [-0.39, 0.29) is 18.4 Å². The largest absolute Gasteiger partial charge is 0.495 e. The molecule has 2 aromatic rings. The highest BCUT2D eigenvalue weighted by atomic mass is 16.5. The minimum absolute atomic E-state index is 0.171. The lowest BCUT2D eigenvalue weighted by Gasteiger charge is -2.14. The molecule has 0 unspecified atom stereocenters. The molecule has 0 bridgehead atoms. The van der Waals surface area contributed by atoms with Crippen LogP contribution in [0.4, 0.5) is 5.69 Å². The van der Waals surface area contributed by atoms with Crippen molar-refractivity contribution in [2.45, 2.75) is 33.6 Å². The van der Waals surface area contributed by atoms with Crippen LogP contribution in [0.5, 0.6) is 17.2 Å². The van der Waals surface area contributed by atoms with Gasteiger partial charge in [0.25, 0.3) is 5.91 Å². The monoisotopic (exact) mass is 414 g/mol. The van der Waals surface area contributed by atoms with Crippen molar-refractivity contribution in [3.05, 3.63) is 47.5 Å². The predicted octanol–water partition coefficient (Wildman–Crippen LogP) is 3.95. The summed E-state index contributed by atoms with van der Waals surface area (Å²) in [4.78, 5) is 24.8. The molecule has 7 nitrogen and oxygen atoms in total. The first-order chi connectivity index (χ1) is 14.5. The van der Waals surface area contributed by atoms with Crippen LogP contribution in [0.15, 0.2) is 36.4 Å². The van der Waals surface area contributed by atoms with Crippen molar-refractivity contribution >= 4 is 17.5 Å². The Hall–Kier alpha value is -3.22. The average Bonchev–Trinajstić information content (AvgIpc) is 2.75. The Bertz CT molecular complexity index is 867. The van der Waals surface area contributed by atoms with Crippen LogP contribution in [0.25, 0.3) is 0 Å². The minimum Gasteiger partial charge on any atom is -0.495 e. The van der Waals surface area contributed by atoms with Gasteiger partial charge in [0.15, 0.2) is 11.5 Å². The highest BCUT2D eigenvalue weighted by molar-refractivity contribution is 6.00. The highest BCUT2D eigenvalue weighted by Crippen LogP contribution is 2.29. The summed E-state index contributed by atoms with van der Waals surface area (Å²) >= 11 is 0. The number of aryl methyl sites for hydroxylation is 1. The molecule has 30 heavy (non-hydrogen) atoms. The van der Waals surface area contributed by atoms with Crippen molar-refractivity contribution in [3.8, 4) is 17.2 Å². The van der Waals surface area contributed by atoms with Crippen molar-refractivity contribution in [2.24, 2.45) is 0 Å². The SMILES string of the molecule is CCCOc1ccc(C(=O)NCC(=O)Nc2cc(C)ccc2OC)cc1OCCC. The van der Waals surface area contributed by atoms with E-state index in [0.29, 0.717) is 41.7 Å². The fourth-order valence-corrected chi connectivity index (χ4v) is 2.68. The first kappa shape index (κ1) is 23.1. The molecular weight excluding hydrogens is 384 g/mol. The van der Waals surface area contributed by atoms with Gasteiger partial charge < -0.3 is 24.8 Å². The van der Waals surface area contributed by atoms with Gasteiger partial charge in [-0.2, -0.15) is 0 Å². The van der Waals surface area contributed by atoms with Gasteiger partial charge in [-0.1, -0.05) is 19.9 Å². The van der Waals surface area contributed by atoms with Crippen LogP contribution in [0.2, 0.25) is 0 Å². The molecule has 0 atom stereocenters. The number of carbonyl (C=O) groups is 2. The molecular formula is C23H30N2O5. The number of hydrogen-bond acceptors (Lipinski definition) is 5. The van der Waals surface area contributed by atoms with Gasteiger partial charge in [0.1, 0.15) is 5.75 Å². The molecule has 2 N–H and O–H groups in total. The standard InChI is InChI=1S/C23H30N2O5/c1-5-11-29-20-10-8-17(14-21(20)30-12-6-2)23(27)24-15-22(26)25-18-13-16(3)7-9-19(18)28-4/h7-10,13-14H,5-6,11-12,15H2,1-4H3,(H,24,27)(H,25,26). The summed E-state index contributed by atoms with van der Waals surface area (Å²) in [6.07, 6.45) is 1.71. The van der Waals surface area contributed by atoms with E-state index < -0.39 is 0 Å². The van der Waals surface area contributed by atoms with Gasteiger partial charge in [0, 0.05) is 5.56 Å². The van der Waals surface area contributed by atoms with Crippen LogP contribution < -0.4 is 24.8 Å². The van der Waals surface area contributed by atoms with Crippen molar-refractivity contribution < 1.29 is 23.8 Å². The predicted molar refractivity (Wildman–Crippen MR) is 117 cm³/mol. The zero-order valence-corrected chi connectivity index (χ0v) is 18.0. The van der Waals surface area contributed by atoms with Gasteiger partial charge in [-0.3, -0.25) is 9.59 Å². The van der Waals surface area contributed by atoms with E-state index in [4.69, 9.17) is 14.2 Å². The molecule has 0 saturated heterocycles. The van der Waals surface area contributed by atoms with Crippen LogP contribution >= 0.6 is 0 Å². The number of amides is 2. The third kappa shape index (κ3) is 6.69. The van der Waals surface area contributed by atoms with Crippen molar-refractivity contribution in [2.75, 3.05) is 32.2 Å². The first-order valence-corrected chi connectivity index (χ1v) is 10.1. The summed E-state index contributed by atoms with van der Waals surface area (Å²) in [6, 6.07) is 10.5. The number of ether oxygens (including phenoxy) is 3. The molecule has 0 heterocycles. The maximum atomic E-state index is 12.5. The van der Waals surface area contributed by atoms with Gasteiger partial charge in [0.05, 0.1) is 32.6 Å². The van der Waals surface area contributed by atoms with E-state index in [9.17, 15) is 9.59 Å². The second-order valence-corrected chi connectivity index (χ2v) is 6.79. The Kier molecular flexibility index (Phi) is 9.00. The van der Waals surface area contributed by atoms with Crippen LogP contribution in [-0.2, 0) is 4.79 Å². The summed E-state index contributed by atoms with van der Waals surface area (Å²) in [5.74, 6) is 0.959. The average molecular weight is 415 g/mol. The van der Waals surface area contributed by atoms with Gasteiger partial charge in [-0.15, -0.1) is 0 Å². The molecule has 7 heteroatoms. The van der Waals surface area contributed by atoms with E-state index in [1.165, 1.54) is 7.11 Å². The molecule has 162 valence electrons. The van der Waals surface area contributed by atoms with Crippen LogP contribution in [0, 0.1) is 6.92 Å². The van der Waals surface area contributed by atoms with E-state index in [0.717, 1.165) is 18.4 Å². The molecule has 0 saturated carbocycles. The van der Waals surface area contributed by atoms with Crippen LogP contribution in [0.1, 0.15) is 42.6 Å². The third-order valence-electron chi connectivity index (χ3n) is 4.17. The molecule has 0 aliphatic rings. The number of rotatable bonds is 11. The molecule has 0 aliphatic heterocycles. The number of nitrogens with one attached hydrogen (secondary N) is 2. The molecule has 2 rings (SSSR count). The van der Waals surface area contributed by atoms with Gasteiger partial charge >= 0.3 is 0 Å². The number of benzene rings is 2. The zero-order chi connectivity index (χ0) is 21.9.